The molecule has 6 heteroatoms. The predicted molar refractivity (Wildman–Crippen MR) is 93.0 cm³/mol. The first-order chi connectivity index (χ1) is 11.2. The van der Waals surface area contributed by atoms with E-state index in [1.54, 1.807) is 0 Å². The van der Waals surface area contributed by atoms with E-state index < -0.39 is 0 Å². The second-order valence-electron chi connectivity index (χ2n) is 6.13. The van der Waals surface area contributed by atoms with Crippen molar-refractivity contribution in [1.29, 1.82) is 0 Å². The average Bonchev–Trinajstić information content (AvgIpc) is 2.98. The van der Waals surface area contributed by atoms with Crippen molar-refractivity contribution in [2.24, 2.45) is 0 Å². The number of aromatic nitrogens is 2. The number of aromatic amines is 1. The smallest absolute Gasteiger partial charge is 0.317 e. The van der Waals surface area contributed by atoms with Gasteiger partial charge in [-0.1, -0.05) is 24.9 Å². The van der Waals surface area contributed by atoms with Gasteiger partial charge in [0.15, 0.2) is 0 Å². The summed E-state index contributed by atoms with van der Waals surface area (Å²) in [5.74, 6) is 1.38. The molecule has 2 aromatic rings. The number of piperidine rings is 1. The van der Waals surface area contributed by atoms with E-state index in [-0.39, 0.29) is 6.03 Å². The van der Waals surface area contributed by atoms with Crippen LogP contribution in [0, 0.1) is 0 Å². The molecule has 1 aliphatic rings. The van der Waals surface area contributed by atoms with E-state index in [0.29, 0.717) is 10.9 Å². The van der Waals surface area contributed by atoms with Crippen molar-refractivity contribution >= 4 is 28.7 Å². The molecule has 1 aliphatic heterocycles. The fourth-order valence-corrected chi connectivity index (χ4v) is 3.21. The maximum atomic E-state index is 12.1. The number of halogens is 1. The van der Waals surface area contributed by atoms with Crippen LogP contribution in [0.3, 0.4) is 0 Å². The highest BCUT2D eigenvalue weighted by Crippen LogP contribution is 2.28. The normalized spacial score (nSPS) is 16.0. The molecule has 1 saturated heterocycles. The van der Waals surface area contributed by atoms with Crippen LogP contribution in [0.15, 0.2) is 18.2 Å². The van der Waals surface area contributed by atoms with Gasteiger partial charge in [-0.05, 0) is 37.5 Å². The minimum Gasteiger partial charge on any atom is -0.342 e. The van der Waals surface area contributed by atoms with E-state index in [2.05, 4.69) is 22.2 Å². The Hall–Kier alpha value is -1.75. The standard InChI is InChI=1S/C17H23ClN4O/c1-2-3-8-19-17(23)22-9-6-12(7-10-22)16-20-14-5-4-13(18)11-15(14)21-16/h4-5,11-12H,2-3,6-10H2,1H3,(H,19,23)(H,20,21). The highest BCUT2D eigenvalue weighted by molar-refractivity contribution is 6.31. The zero-order valence-corrected chi connectivity index (χ0v) is 14.2. The molecule has 0 bridgehead atoms. The molecule has 0 atom stereocenters. The van der Waals surface area contributed by atoms with Crippen LogP contribution in [0.25, 0.3) is 11.0 Å². The molecule has 23 heavy (non-hydrogen) atoms. The number of rotatable bonds is 4. The van der Waals surface area contributed by atoms with Crippen LogP contribution in [0.4, 0.5) is 4.79 Å². The predicted octanol–water partition coefficient (Wildman–Crippen LogP) is 3.91. The van der Waals surface area contributed by atoms with Crippen LogP contribution in [0.5, 0.6) is 0 Å². The number of fused-ring (bicyclic) bond motifs is 1. The number of likely N-dealkylation sites (tertiary alicyclic amines) is 1. The van der Waals surface area contributed by atoms with Gasteiger partial charge >= 0.3 is 6.03 Å². The van der Waals surface area contributed by atoms with E-state index in [0.717, 1.165) is 62.2 Å². The lowest BCUT2D eigenvalue weighted by molar-refractivity contribution is 0.180. The molecule has 124 valence electrons. The maximum absolute atomic E-state index is 12.1. The number of carbonyl (C=O) groups is 1. The van der Waals surface area contributed by atoms with Crippen LogP contribution < -0.4 is 5.32 Å². The molecular weight excluding hydrogens is 312 g/mol. The van der Waals surface area contributed by atoms with Gasteiger partial charge in [0.05, 0.1) is 11.0 Å². The molecule has 0 aliphatic carbocycles. The summed E-state index contributed by atoms with van der Waals surface area (Å²) in [6.07, 6.45) is 4.01. The molecule has 0 spiro atoms. The van der Waals surface area contributed by atoms with Crippen LogP contribution in [-0.4, -0.2) is 40.5 Å². The summed E-state index contributed by atoms with van der Waals surface area (Å²) in [4.78, 5) is 22.0. The van der Waals surface area contributed by atoms with E-state index in [4.69, 9.17) is 11.6 Å². The average molecular weight is 335 g/mol. The zero-order chi connectivity index (χ0) is 16.2. The highest BCUT2D eigenvalue weighted by Gasteiger charge is 2.25. The largest absolute Gasteiger partial charge is 0.342 e. The SMILES string of the molecule is CCCCNC(=O)N1CCC(c2nc3ccc(Cl)cc3[nH]2)CC1. The van der Waals surface area contributed by atoms with Crippen LogP contribution >= 0.6 is 11.6 Å². The molecule has 0 radical (unpaired) electrons. The fraction of sp³-hybridized carbons (Fsp3) is 0.529. The van der Waals surface area contributed by atoms with Gasteiger partial charge < -0.3 is 15.2 Å². The van der Waals surface area contributed by atoms with Crippen molar-refractivity contribution in [3.05, 3.63) is 29.0 Å². The van der Waals surface area contributed by atoms with Gasteiger partial charge in [0.2, 0.25) is 0 Å². The summed E-state index contributed by atoms with van der Waals surface area (Å²) < 4.78 is 0. The van der Waals surface area contributed by atoms with Gasteiger partial charge in [-0.25, -0.2) is 9.78 Å². The number of carbonyl (C=O) groups excluding carboxylic acids is 1. The number of urea groups is 1. The number of hydrogen-bond acceptors (Lipinski definition) is 2. The van der Waals surface area contributed by atoms with Crippen molar-refractivity contribution in [2.75, 3.05) is 19.6 Å². The molecule has 0 saturated carbocycles. The van der Waals surface area contributed by atoms with Gasteiger partial charge in [0.25, 0.3) is 0 Å². The van der Waals surface area contributed by atoms with Crippen molar-refractivity contribution in [1.82, 2.24) is 20.2 Å². The number of imidazole rings is 1. The van der Waals surface area contributed by atoms with Gasteiger partial charge in [0.1, 0.15) is 5.82 Å². The van der Waals surface area contributed by atoms with Gasteiger partial charge in [-0.15, -0.1) is 0 Å². The number of amides is 2. The third-order valence-electron chi connectivity index (χ3n) is 4.44. The summed E-state index contributed by atoms with van der Waals surface area (Å²) in [6, 6.07) is 5.77. The minimum absolute atomic E-state index is 0.0632. The molecule has 3 rings (SSSR count). The molecule has 0 unspecified atom stereocenters. The molecule has 2 heterocycles. The molecule has 2 amide bonds. The van der Waals surface area contributed by atoms with Gasteiger partial charge in [-0.2, -0.15) is 0 Å². The van der Waals surface area contributed by atoms with E-state index >= 15 is 0 Å². The molecule has 2 N–H and O–H groups in total. The fourth-order valence-electron chi connectivity index (χ4n) is 3.03. The monoisotopic (exact) mass is 334 g/mol. The summed E-state index contributed by atoms with van der Waals surface area (Å²) in [5.41, 5.74) is 1.93. The lowest BCUT2D eigenvalue weighted by Crippen LogP contribution is -2.44. The quantitative estimate of drug-likeness (QED) is 0.833. The molecule has 1 aromatic heterocycles. The first-order valence-corrected chi connectivity index (χ1v) is 8.73. The Balaban J connectivity index is 1.58. The number of hydrogen-bond donors (Lipinski definition) is 2. The van der Waals surface area contributed by atoms with Gasteiger partial charge in [0, 0.05) is 30.6 Å². The Bertz CT molecular complexity index is 676. The van der Waals surface area contributed by atoms with Crippen LogP contribution in [0.1, 0.15) is 44.3 Å². The minimum atomic E-state index is 0.0632. The maximum Gasteiger partial charge on any atom is 0.317 e. The second-order valence-corrected chi connectivity index (χ2v) is 6.57. The molecule has 5 nitrogen and oxygen atoms in total. The Kier molecular flexibility index (Phi) is 5.06. The van der Waals surface area contributed by atoms with Gasteiger partial charge in [-0.3, -0.25) is 0 Å². The van der Waals surface area contributed by atoms with E-state index in [9.17, 15) is 4.79 Å². The number of H-pyrrole nitrogens is 1. The van der Waals surface area contributed by atoms with Crippen molar-refractivity contribution in [3.63, 3.8) is 0 Å². The second kappa shape index (κ2) is 7.21. The zero-order valence-electron chi connectivity index (χ0n) is 13.4. The number of unbranched alkanes of at least 4 members (excludes halogenated alkanes) is 1. The third-order valence-corrected chi connectivity index (χ3v) is 4.67. The molecule has 1 fully saturated rings. The summed E-state index contributed by atoms with van der Waals surface area (Å²) >= 11 is 6.02. The van der Waals surface area contributed by atoms with Crippen molar-refractivity contribution in [2.45, 2.75) is 38.5 Å². The van der Waals surface area contributed by atoms with Crippen molar-refractivity contribution < 1.29 is 4.79 Å². The number of nitrogens with zero attached hydrogens (tertiary/aromatic N) is 2. The first-order valence-electron chi connectivity index (χ1n) is 8.35. The number of nitrogens with one attached hydrogen (secondary N) is 2. The lowest BCUT2D eigenvalue weighted by Gasteiger charge is -2.31. The first kappa shape index (κ1) is 16.1. The Morgan fingerprint density at radius 2 is 2.22 bits per heavy atom. The number of benzene rings is 1. The van der Waals surface area contributed by atoms with E-state index in [1.165, 1.54) is 0 Å². The lowest BCUT2D eigenvalue weighted by atomic mass is 9.96. The summed E-state index contributed by atoms with van der Waals surface area (Å²) in [7, 11) is 0. The summed E-state index contributed by atoms with van der Waals surface area (Å²) in [5, 5.41) is 3.70. The Labute approximate surface area is 141 Å². The van der Waals surface area contributed by atoms with Crippen molar-refractivity contribution in [3.8, 4) is 0 Å². The van der Waals surface area contributed by atoms with E-state index in [1.807, 2.05) is 23.1 Å². The van der Waals surface area contributed by atoms with Crippen LogP contribution in [-0.2, 0) is 0 Å². The Morgan fingerprint density at radius 3 is 2.96 bits per heavy atom. The highest BCUT2D eigenvalue weighted by atomic mass is 35.5. The summed E-state index contributed by atoms with van der Waals surface area (Å²) in [6.45, 7) is 4.44. The third kappa shape index (κ3) is 3.78. The molecule has 1 aromatic carbocycles. The van der Waals surface area contributed by atoms with Crippen LogP contribution in [0.2, 0.25) is 5.02 Å². The Morgan fingerprint density at radius 1 is 1.43 bits per heavy atom. The topological polar surface area (TPSA) is 61.0 Å². The molecular formula is C17H23ClN4O.